The normalized spacial score (nSPS) is 10.6. The molecule has 56 valence electrons. The number of nitrogens with zero attached hydrogens (tertiary/aromatic N) is 1. The van der Waals surface area contributed by atoms with Crippen molar-refractivity contribution in [3.05, 3.63) is 23.9 Å². The molecule has 0 saturated carbocycles. The highest BCUT2D eigenvalue weighted by atomic mass is 16.5. The van der Waals surface area contributed by atoms with E-state index in [9.17, 15) is 0 Å². The van der Waals surface area contributed by atoms with Gasteiger partial charge in [0.25, 0.3) is 0 Å². The van der Waals surface area contributed by atoms with Gasteiger partial charge in [-0.1, -0.05) is 5.16 Å². The number of benzene rings is 1. The molecule has 1 N–H and O–H groups in total. The second-order valence-electron chi connectivity index (χ2n) is 2.45. The fraction of sp³-hybridized carbons (Fsp3) is 0.125. The van der Waals surface area contributed by atoms with Gasteiger partial charge in [-0.2, -0.15) is 0 Å². The number of aromatic hydroxyl groups is 1. The number of hydrogen-bond donors (Lipinski definition) is 1. The van der Waals surface area contributed by atoms with Crippen LogP contribution in [0, 0.1) is 6.92 Å². The zero-order valence-electron chi connectivity index (χ0n) is 6.03. The van der Waals surface area contributed by atoms with Crippen molar-refractivity contribution in [1.82, 2.24) is 5.16 Å². The Labute approximate surface area is 63.2 Å². The van der Waals surface area contributed by atoms with Crippen LogP contribution in [0.3, 0.4) is 0 Å². The van der Waals surface area contributed by atoms with Gasteiger partial charge in [0, 0.05) is 5.39 Å². The maximum absolute atomic E-state index is 9.10. The van der Waals surface area contributed by atoms with E-state index >= 15 is 0 Å². The summed E-state index contributed by atoms with van der Waals surface area (Å²) in [4.78, 5) is 0. The molecule has 0 bridgehead atoms. The maximum atomic E-state index is 9.10. The average Bonchev–Trinajstić information content (AvgIpc) is 2.33. The molecule has 0 aliphatic carbocycles. The lowest BCUT2D eigenvalue weighted by Crippen LogP contribution is -1.69. The summed E-state index contributed by atoms with van der Waals surface area (Å²) in [7, 11) is 0. The largest absolute Gasteiger partial charge is 0.508 e. The van der Waals surface area contributed by atoms with Gasteiger partial charge >= 0.3 is 0 Å². The lowest BCUT2D eigenvalue weighted by molar-refractivity contribution is 0.449. The molecule has 0 fully saturated rings. The van der Waals surface area contributed by atoms with Crippen molar-refractivity contribution in [2.45, 2.75) is 6.92 Å². The molecule has 11 heavy (non-hydrogen) atoms. The molecule has 2 rings (SSSR count). The third-order valence-corrected chi connectivity index (χ3v) is 1.63. The summed E-state index contributed by atoms with van der Waals surface area (Å²) in [5.74, 6) is 0.240. The average molecular weight is 149 g/mol. The Balaban J connectivity index is 2.87. The first-order chi connectivity index (χ1) is 5.27. The molecule has 0 atom stereocenters. The van der Waals surface area contributed by atoms with Gasteiger partial charge in [0.15, 0.2) is 5.58 Å². The van der Waals surface area contributed by atoms with Crippen molar-refractivity contribution in [1.29, 1.82) is 0 Å². The van der Waals surface area contributed by atoms with Crippen LogP contribution in [0.4, 0.5) is 0 Å². The van der Waals surface area contributed by atoms with Crippen LogP contribution in [-0.4, -0.2) is 10.3 Å². The maximum Gasteiger partial charge on any atom is 0.167 e. The smallest absolute Gasteiger partial charge is 0.167 e. The van der Waals surface area contributed by atoms with Gasteiger partial charge in [-0.05, 0) is 25.1 Å². The highest BCUT2D eigenvalue weighted by molar-refractivity contribution is 5.80. The molecule has 1 heterocycles. The Morgan fingerprint density at radius 1 is 1.45 bits per heavy atom. The molecule has 0 aliphatic rings. The fourth-order valence-corrected chi connectivity index (χ4v) is 1.05. The monoisotopic (exact) mass is 149 g/mol. The molecule has 0 amide bonds. The van der Waals surface area contributed by atoms with Crippen molar-refractivity contribution >= 4 is 11.0 Å². The first-order valence-corrected chi connectivity index (χ1v) is 3.32. The molecule has 3 nitrogen and oxygen atoms in total. The van der Waals surface area contributed by atoms with Gasteiger partial charge in [0.2, 0.25) is 0 Å². The molecule has 0 radical (unpaired) electrons. The number of aromatic nitrogens is 1. The summed E-state index contributed by atoms with van der Waals surface area (Å²) in [5, 5.41) is 13.7. The van der Waals surface area contributed by atoms with Gasteiger partial charge in [-0.25, -0.2) is 0 Å². The molecule has 0 unspecified atom stereocenters. The Kier molecular flexibility index (Phi) is 1.12. The molecular formula is C8H7NO2. The number of phenolic OH excluding ortho intramolecular Hbond substituents is 1. The zero-order valence-corrected chi connectivity index (χ0v) is 6.03. The van der Waals surface area contributed by atoms with Crippen molar-refractivity contribution in [2.24, 2.45) is 0 Å². The fourth-order valence-electron chi connectivity index (χ4n) is 1.05. The SMILES string of the molecule is Cc1noc2ccc(O)cc12. The first-order valence-electron chi connectivity index (χ1n) is 3.32. The summed E-state index contributed by atoms with van der Waals surface area (Å²) in [6.07, 6.45) is 0. The van der Waals surface area contributed by atoms with E-state index in [1.165, 1.54) is 0 Å². The van der Waals surface area contributed by atoms with Crippen molar-refractivity contribution in [3.8, 4) is 5.75 Å². The summed E-state index contributed by atoms with van der Waals surface area (Å²) < 4.78 is 4.94. The second kappa shape index (κ2) is 1.99. The predicted octanol–water partition coefficient (Wildman–Crippen LogP) is 1.84. The van der Waals surface area contributed by atoms with Crippen LogP contribution in [0.5, 0.6) is 5.75 Å². The van der Waals surface area contributed by atoms with E-state index in [0.717, 1.165) is 11.1 Å². The van der Waals surface area contributed by atoms with E-state index in [0.29, 0.717) is 5.58 Å². The van der Waals surface area contributed by atoms with Crippen LogP contribution in [0.25, 0.3) is 11.0 Å². The van der Waals surface area contributed by atoms with E-state index < -0.39 is 0 Å². The Morgan fingerprint density at radius 3 is 3.09 bits per heavy atom. The lowest BCUT2D eigenvalue weighted by Gasteiger charge is -1.88. The molecule has 1 aromatic carbocycles. The minimum Gasteiger partial charge on any atom is -0.508 e. The minimum absolute atomic E-state index is 0.240. The van der Waals surface area contributed by atoms with Crippen LogP contribution < -0.4 is 0 Å². The van der Waals surface area contributed by atoms with Crippen LogP contribution in [0.15, 0.2) is 22.7 Å². The quantitative estimate of drug-likeness (QED) is 0.621. The van der Waals surface area contributed by atoms with Crippen LogP contribution in [0.1, 0.15) is 5.69 Å². The topological polar surface area (TPSA) is 46.3 Å². The third-order valence-electron chi connectivity index (χ3n) is 1.63. The van der Waals surface area contributed by atoms with Crippen LogP contribution in [-0.2, 0) is 0 Å². The van der Waals surface area contributed by atoms with Gasteiger partial charge in [0.1, 0.15) is 5.75 Å². The Morgan fingerprint density at radius 2 is 2.27 bits per heavy atom. The van der Waals surface area contributed by atoms with Crippen molar-refractivity contribution < 1.29 is 9.63 Å². The van der Waals surface area contributed by atoms with E-state index in [4.69, 9.17) is 9.63 Å². The van der Waals surface area contributed by atoms with E-state index in [1.54, 1.807) is 18.2 Å². The molecule has 0 spiro atoms. The summed E-state index contributed by atoms with van der Waals surface area (Å²) in [5.41, 5.74) is 1.51. The minimum atomic E-state index is 0.240. The summed E-state index contributed by atoms with van der Waals surface area (Å²) in [6, 6.07) is 4.92. The number of phenols is 1. The zero-order chi connectivity index (χ0) is 7.84. The second-order valence-corrected chi connectivity index (χ2v) is 2.45. The summed E-state index contributed by atoms with van der Waals surface area (Å²) >= 11 is 0. The number of rotatable bonds is 0. The molecule has 1 aromatic heterocycles. The molecule has 0 saturated heterocycles. The van der Waals surface area contributed by atoms with E-state index in [-0.39, 0.29) is 5.75 Å². The first kappa shape index (κ1) is 6.22. The van der Waals surface area contributed by atoms with Gasteiger partial charge in [-0.15, -0.1) is 0 Å². The predicted molar refractivity (Wildman–Crippen MR) is 40.4 cm³/mol. The van der Waals surface area contributed by atoms with Crippen molar-refractivity contribution in [2.75, 3.05) is 0 Å². The lowest BCUT2D eigenvalue weighted by atomic mass is 10.2. The standard InChI is InChI=1S/C8H7NO2/c1-5-7-4-6(10)2-3-8(7)11-9-5/h2-4,10H,1H3. The highest BCUT2D eigenvalue weighted by Gasteiger charge is 2.02. The van der Waals surface area contributed by atoms with E-state index in [2.05, 4.69) is 5.16 Å². The third kappa shape index (κ3) is 0.852. The number of fused-ring (bicyclic) bond motifs is 1. The van der Waals surface area contributed by atoms with E-state index in [1.807, 2.05) is 6.92 Å². The van der Waals surface area contributed by atoms with Gasteiger partial charge in [-0.3, -0.25) is 0 Å². The highest BCUT2D eigenvalue weighted by Crippen LogP contribution is 2.21. The van der Waals surface area contributed by atoms with Crippen LogP contribution in [0.2, 0.25) is 0 Å². The van der Waals surface area contributed by atoms with Crippen LogP contribution >= 0.6 is 0 Å². The van der Waals surface area contributed by atoms with Gasteiger partial charge < -0.3 is 9.63 Å². The molecule has 0 aliphatic heterocycles. The summed E-state index contributed by atoms with van der Waals surface area (Å²) in [6.45, 7) is 1.84. The molecule has 2 aromatic rings. The van der Waals surface area contributed by atoms with Gasteiger partial charge in [0.05, 0.1) is 5.69 Å². The number of aryl methyl sites for hydroxylation is 1. The molecular weight excluding hydrogens is 142 g/mol. The molecule has 3 heteroatoms. The Bertz CT molecular complexity index is 392. The van der Waals surface area contributed by atoms with Crippen molar-refractivity contribution in [3.63, 3.8) is 0 Å². The number of hydrogen-bond acceptors (Lipinski definition) is 3. The Hall–Kier alpha value is -1.51.